The number of rotatable bonds is 6. The normalized spacial score (nSPS) is 11.8. The van der Waals surface area contributed by atoms with Gasteiger partial charge in [0.2, 0.25) is 5.13 Å². The van der Waals surface area contributed by atoms with Gasteiger partial charge in [0.1, 0.15) is 11.7 Å². The molecule has 0 unspecified atom stereocenters. The van der Waals surface area contributed by atoms with Gasteiger partial charge < -0.3 is 5.73 Å². The topological polar surface area (TPSA) is 51.3 Å². The summed E-state index contributed by atoms with van der Waals surface area (Å²) in [4.78, 5) is 9.72. The molecular weight excluding hydrogens is 293 g/mol. The van der Waals surface area contributed by atoms with Gasteiger partial charge in [-0.1, -0.05) is 6.92 Å². The number of thioether (sulfide) groups is 1. The molecule has 1 heterocycles. The van der Waals surface area contributed by atoms with E-state index in [1.807, 2.05) is 5.38 Å². The van der Waals surface area contributed by atoms with Gasteiger partial charge in [0.25, 0.3) is 0 Å². The first-order chi connectivity index (χ1) is 9.67. The third kappa shape index (κ3) is 4.61. The number of thiazole rings is 1. The van der Waals surface area contributed by atoms with Crippen molar-refractivity contribution in [1.29, 1.82) is 0 Å². The van der Waals surface area contributed by atoms with E-state index in [4.69, 9.17) is 5.73 Å². The first-order valence-electron chi connectivity index (χ1n) is 6.33. The van der Waals surface area contributed by atoms with Gasteiger partial charge in [-0.15, -0.1) is 23.1 Å². The molecule has 0 aliphatic carbocycles. The molecule has 0 aliphatic rings. The lowest BCUT2D eigenvalue weighted by Gasteiger charge is -1.98. The van der Waals surface area contributed by atoms with Crippen LogP contribution < -0.4 is 5.73 Å². The Balaban J connectivity index is 1.92. The van der Waals surface area contributed by atoms with E-state index in [1.54, 1.807) is 23.9 Å². The highest BCUT2D eigenvalue weighted by Gasteiger charge is 2.03. The number of hydrogen-bond donors (Lipinski definition) is 1. The molecule has 0 aliphatic heterocycles. The Morgan fingerprint density at radius 3 is 2.85 bits per heavy atom. The summed E-state index contributed by atoms with van der Waals surface area (Å²) < 4.78 is 12.8. The lowest BCUT2D eigenvalue weighted by atomic mass is 10.3. The minimum atomic E-state index is -0.217. The predicted molar refractivity (Wildman–Crippen MR) is 84.3 cm³/mol. The molecule has 0 spiro atoms. The highest BCUT2D eigenvalue weighted by molar-refractivity contribution is 7.98. The van der Waals surface area contributed by atoms with Crippen molar-refractivity contribution in [2.45, 2.75) is 30.4 Å². The number of aromatic nitrogens is 1. The van der Waals surface area contributed by atoms with Crippen LogP contribution in [0.2, 0.25) is 0 Å². The molecule has 1 aromatic heterocycles. The maximum absolute atomic E-state index is 12.8. The van der Waals surface area contributed by atoms with Crippen molar-refractivity contribution >= 4 is 34.1 Å². The van der Waals surface area contributed by atoms with Crippen molar-refractivity contribution in [3.8, 4) is 0 Å². The highest BCUT2D eigenvalue weighted by atomic mass is 32.2. The molecule has 0 saturated heterocycles. The van der Waals surface area contributed by atoms with E-state index >= 15 is 0 Å². The Morgan fingerprint density at radius 1 is 1.40 bits per heavy atom. The number of hydrogen-bond acceptors (Lipinski definition) is 4. The molecule has 0 radical (unpaired) electrons. The number of nitrogens with two attached hydrogens (primary N) is 1. The monoisotopic (exact) mass is 309 g/mol. The summed E-state index contributed by atoms with van der Waals surface area (Å²) in [5.74, 6) is 1.15. The first-order valence-corrected chi connectivity index (χ1v) is 8.19. The standard InChI is InChI=1S/C14H16FN3S2/c1-2-3-13(16)18-14-17-11(9-20-14)8-19-12-6-4-10(15)5-7-12/h4-7,9H,2-3,8H2,1H3,(H2,16,17,18). The summed E-state index contributed by atoms with van der Waals surface area (Å²) in [6.07, 6.45) is 1.77. The Labute approximate surface area is 126 Å². The van der Waals surface area contributed by atoms with Crippen molar-refractivity contribution in [2.24, 2.45) is 10.7 Å². The van der Waals surface area contributed by atoms with Gasteiger partial charge in [-0.05, 0) is 30.7 Å². The van der Waals surface area contributed by atoms with Crippen LogP contribution >= 0.6 is 23.1 Å². The molecule has 0 amide bonds. The fourth-order valence-electron chi connectivity index (χ4n) is 1.54. The van der Waals surface area contributed by atoms with Gasteiger partial charge in [-0.25, -0.2) is 14.4 Å². The fourth-order valence-corrected chi connectivity index (χ4v) is 3.15. The lowest BCUT2D eigenvalue weighted by molar-refractivity contribution is 0.626. The second kappa shape index (κ2) is 7.40. The van der Waals surface area contributed by atoms with Crippen LogP contribution in [0.15, 0.2) is 39.5 Å². The van der Waals surface area contributed by atoms with Crippen molar-refractivity contribution in [1.82, 2.24) is 4.98 Å². The minimum absolute atomic E-state index is 0.217. The van der Waals surface area contributed by atoms with Gasteiger partial charge in [0, 0.05) is 22.4 Å². The second-order valence-electron chi connectivity index (χ2n) is 4.22. The number of aliphatic imine (C=N–C) groups is 1. The molecule has 106 valence electrons. The number of nitrogens with zero attached hydrogens (tertiary/aromatic N) is 2. The molecule has 0 bridgehead atoms. The van der Waals surface area contributed by atoms with E-state index in [9.17, 15) is 4.39 Å². The van der Waals surface area contributed by atoms with Crippen LogP contribution in [0.1, 0.15) is 25.5 Å². The molecule has 0 saturated carbocycles. The Morgan fingerprint density at radius 2 is 2.15 bits per heavy atom. The van der Waals surface area contributed by atoms with Crippen LogP contribution in [0, 0.1) is 5.82 Å². The predicted octanol–water partition coefficient (Wildman–Crippen LogP) is 4.36. The van der Waals surface area contributed by atoms with Gasteiger partial charge in [-0.3, -0.25) is 0 Å². The maximum atomic E-state index is 12.8. The van der Waals surface area contributed by atoms with Crippen molar-refractivity contribution < 1.29 is 4.39 Å². The van der Waals surface area contributed by atoms with Gasteiger partial charge in [0.15, 0.2) is 0 Å². The van der Waals surface area contributed by atoms with Gasteiger partial charge in [-0.2, -0.15) is 0 Å². The van der Waals surface area contributed by atoms with Gasteiger partial charge in [0.05, 0.1) is 5.69 Å². The molecule has 1 aromatic carbocycles. The highest BCUT2D eigenvalue weighted by Crippen LogP contribution is 2.26. The molecule has 2 N–H and O–H groups in total. The Kier molecular flexibility index (Phi) is 5.55. The van der Waals surface area contributed by atoms with E-state index in [0.29, 0.717) is 11.0 Å². The molecule has 2 aromatic rings. The van der Waals surface area contributed by atoms with E-state index in [1.165, 1.54) is 23.5 Å². The summed E-state index contributed by atoms with van der Waals surface area (Å²) >= 11 is 3.11. The van der Waals surface area contributed by atoms with Crippen LogP contribution in [0.3, 0.4) is 0 Å². The molecule has 6 heteroatoms. The lowest BCUT2D eigenvalue weighted by Crippen LogP contribution is -2.09. The van der Waals surface area contributed by atoms with E-state index in [2.05, 4.69) is 16.9 Å². The van der Waals surface area contributed by atoms with Crippen molar-refractivity contribution in [2.75, 3.05) is 0 Å². The number of amidine groups is 1. The van der Waals surface area contributed by atoms with Crippen LogP contribution in [0.25, 0.3) is 0 Å². The Bertz CT molecular complexity index is 578. The number of halogens is 1. The Hall–Kier alpha value is -1.40. The summed E-state index contributed by atoms with van der Waals surface area (Å²) in [5, 5.41) is 2.68. The smallest absolute Gasteiger partial charge is 0.211 e. The summed E-state index contributed by atoms with van der Waals surface area (Å²) in [6, 6.07) is 6.46. The van der Waals surface area contributed by atoms with Crippen LogP contribution in [0.4, 0.5) is 9.52 Å². The zero-order valence-electron chi connectivity index (χ0n) is 11.2. The summed E-state index contributed by atoms with van der Waals surface area (Å²) in [5.41, 5.74) is 6.75. The molecule has 3 nitrogen and oxygen atoms in total. The molecule has 2 rings (SSSR count). The van der Waals surface area contributed by atoms with E-state index < -0.39 is 0 Å². The van der Waals surface area contributed by atoms with Crippen molar-refractivity contribution in [3.05, 3.63) is 41.2 Å². The summed E-state index contributed by atoms with van der Waals surface area (Å²) in [7, 11) is 0. The largest absolute Gasteiger partial charge is 0.387 e. The quantitative estimate of drug-likeness (QED) is 0.490. The van der Waals surface area contributed by atoms with E-state index in [-0.39, 0.29) is 5.82 Å². The zero-order chi connectivity index (χ0) is 14.4. The third-order valence-electron chi connectivity index (χ3n) is 2.49. The molecule has 0 fully saturated rings. The van der Waals surface area contributed by atoms with E-state index in [0.717, 1.165) is 29.2 Å². The van der Waals surface area contributed by atoms with Crippen LogP contribution in [0.5, 0.6) is 0 Å². The average Bonchev–Trinajstić information content (AvgIpc) is 2.86. The van der Waals surface area contributed by atoms with Crippen LogP contribution in [-0.4, -0.2) is 10.8 Å². The second-order valence-corrected chi connectivity index (χ2v) is 6.10. The molecule has 20 heavy (non-hydrogen) atoms. The number of benzene rings is 1. The fraction of sp³-hybridized carbons (Fsp3) is 0.286. The first kappa shape index (κ1) is 15.0. The average molecular weight is 309 g/mol. The third-order valence-corrected chi connectivity index (χ3v) is 4.31. The van der Waals surface area contributed by atoms with Crippen LogP contribution in [-0.2, 0) is 5.75 Å². The molecular formula is C14H16FN3S2. The molecule has 0 atom stereocenters. The summed E-state index contributed by atoms with van der Waals surface area (Å²) in [6.45, 7) is 2.06. The zero-order valence-corrected chi connectivity index (χ0v) is 12.8. The SMILES string of the molecule is CCCC(N)=Nc1nc(CSc2ccc(F)cc2)cs1. The minimum Gasteiger partial charge on any atom is -0.387 e. The maximum Gasteiger partial charge on any atom is 0.211 e. The van der Waals surface area contributed by atoms with Crippen molar-refractivity contribution in [3.63, 3.8) is 0 Å². The van der Waals surface area contributed by atoms with Gasteiger partial charge >= 0.3 is 0 Å².